The molecule has 0 aromatic heterocycles. The number of aliphatic hydroxyl groups excluding tert-OH is 2. The molecule has 0 amide bonds. The van der Waals surface area contributed by atoms with Crippen LogP contribution in [0, 0.1) is 0 Å². The minimum absolute atomic E-state index is 0.256. The third-order valence-electron chi connectivity index (χ3n) is 1.74. The van der Waals surface area contributed by atoms with Gasteiger partial charge < -0.3 is 10.2 Å². The Morgan fingerprint density at radius 3 is 2.33 bits per heavy atom. The first-order valence-corrected chi connectivity index (χ1v) is 4.46. The molecular formula is C6H11IO2. The molecule has 3 atom stereocenters. The fraction of sp³-hybridized carbons (Fsp3) is 1.00. The summed E-state index contributed by atoms with van der Waals surface area (Å²) in [6.07, 6.45) is 1.89. The zero-order valence-corrected chi connectivity index (χ0v) is 7.28. The molecule has 1 aliphatic rings. The Bertz CT molecular complexity index is 87.1. The van der Waals surface area contributed by atoms with Crippen LogP contribution in [0.3, 0.4) is 0 Å². The zero-order valence-electron chi connectivity index (χ0n) is 5.13. The molecule has 0 bridgehead atoms. The fourth-order valence-electron chi connectivity index (χ4n) is 1.10. The van der Waals surface area contributed by atoms with Gasteiger partial charge in [-0.15, -0.1) is 0 Å². The molecule has 0 saturated heterocycles. The summed E-state index contributed by atoms with van der Waals surface area (Å²) >= 11 is 2.19. The number of halogens is 1. The highest BCUT2D eigenvalue weighted by Crippen LogP contribution is 2.24. The summed E-state index contributed by atoms with van der Waals surface area (Å²) in [5.41, 5.74) is 0. The molecule has 2 N–H and O–H groups in total. The van der Waals surface area contributed by atoms with Crippen LogP contribution in [0.2, 0.25) is 0 Å². The van der Waals surface area contributed by atoms with E-state index in [4.69, 9.17) is 5.11 Å². The first-order chi connectivity index (χ1) is 4.22. The molecule has 54 valence electrons. The Labute approximate surface area is 68.4 Å². The Morgan fingerprint density at radius 1 is 1.22 bits per heavy atom. The van der Waals surface area contributed by atoms with Gasteiger partial charge in [-0.1, -0.05) is 22.6 Å². The normalized spacial score (nSPS) is 45.0. The average Bonchev–Trinajstić information content (AvgIpc) is 1.83. The van der Waals surface area contributed by atoms with Crippen molar-refractivity contribution in [3.05, 3.63) is 0 Å². The van der Waals surface area contributed by atoms with Crippen molar-refractivity contribution in [3.63, 3.8) is 0 Å². The van der Waals surface area contributed by atoms with Crippen LogP contribution in [0.4, 0.5) is 0 Å². The van der Waals surface area contributed by atoms with Crippen molar-refractivity contribution in [2.24, 2.45) is 0 Å². The molecule has 2 nitrogen and oxygen atoms in total. The third-order valence-corrected chi connectivity index (χ3v) is 3.10. The van der Waals surface area contributed by atoms with Crippen LogP contribution in [0.25, 0.3) is 0 Å². The Hall–Kier alpha value is 0.650. The first-order valence-electron chi connectivity index (χ1n) is 3.22. The molecule has 1 aliphatic carbocycles. The van der Waals surface area contributed by atoms with Crippen molar-refractivity contribution in [1.82, 2.24) is 0 Å². The van der Waals surface area contributed by atoms with Crippen molar-refractivity contribution >= 4 is 22.6 Å². The maximum absolute atomic E-state index is 9.19. The molecule has 0 aliphatic heterocycles. The van der Waals surface area contributed by atoms with E-state index in [1.807, 2.05) is 0 Å². The fourth-order valence-corrected chi connectivity index (χ4v) is 2.02. The van der Waals surface area contributed by atoms with Gasteiger partial charge in [0, 0.05) is 3.92 Å². The topological polar surface area (TPSA) is 40.5 Å². The highest BCUT2D eigenvalue weighted by atomic mass is 127. The molecule has 0 aromatic carbocycles. The number of hydrogen-bond acceptors (Lipinski definition) is 2. The average molecular weight is 242 g/mol. The minimum atomic E-state index is -0.487. The number of rotatable bonds is 0. The Balaban J connectivity index is 2.41. The van der Waals surface area contributed by atoms with Crippen molar-refractivity contribution in [1.29, 1.82) is 0 Å². The Kier molecular flexibility index (Phi) is 2.73. The molecule has 1 rings (SSSR count). The lowest BCUT2D eigenvalue weighted by atomic mass is 9.95. The van der Waals surface area contributed by atoms with E-state index in [0.29, 0.717) is 0 Å². The number of alkyl halides is 1. The molecular weight excluding hydrogens is 231 g/mol. The second kappa shape index (κ2) is 3.16. The molecule has 3 heteroatoms. The van der Waals surface area contributed by atoms with Crippen LogP contribution in [-0.2, 0) is 0 Å². The monoisotopic (exact) mass is 242 g/mol. The molecule has 0 aromatic rings. The summed E-state index contributed by atoms with van der Waals surface area (Å²) in [6.45, 7) is 0. The Morgan fingerprint density at radius 2 is 1.89 bits per heavy atom. The van der Waals surface area contributed by atoms with E-state index < -0.39 is 12.2 Å². The van der Waals surface area contributed by atoms with E-state index in [1.54, 1.807) is 0 Å². The van der Waals surface area contributed by atoms with Gasteiger partial charge in [0.1, 0.15) is 0 Å². The lowest BCUT2D eigenvalue weighted by Crippen LogP contribution is -2.37. The van der Waals surface area contributed by atoms with Gasteiger partial charge in [0.05, 0.1) is 12.2 Å². The summed E-state index contributed by atoms with van der Waals surface area (Å²) in [5, 5.41) is 18.3. The molecule has 0 unspecified atom stereocenters. The third kappa shape index (κ3) is 1.78. The van der Waals surface area contributed by atoms with Crippen molar-refractivity contribution in [2.45, 2.75) is 35.4 Å². The van der Waals surface area contributed by atoms with Crippen LogP contribution in [0.5, 0.6) is 0 Å². The summed E-state index contributed by atoms with van der Waals surface area (Å²) in [4.78, 5) is 0. The van der Waals surface area contributed by atoms with Crippen molar-refractivity contribution in [2.75, 3.05) is 0 Å². The lowest BCUT2D eigenvalue weighted by Gasteiger charge is -2.27. The van der Waals surface area contributed by atoms with Crippen LogP contribution in [-0.4, -0.2) is 26.3 Å². The van der Waals surface area contributed by atoms with Gasteiger partial charge in [0.15, 0.2) is 0 Å². The van der Waals surface area contributed by atoms with Crippen molar-refractivity contribution in [3.8, 4) is 0 Å². The van der Waals surface area contributed by atoms with E-state index in [0.717, 1.165) is 19.3 Å². The van der Waals surface area contributed by atoms with Crippen LogP contribution < -0.4 is 0 Å². The molecule has 0 spiro atoms. The van der Waals surface area contributed by atoms with Gasteiger partial charge in [-0.3, -0.25) is 0 Å². The highest BCUT2D eigenvalue weighted by Gasteiger charge is 2.27. The van der Waals surface area contributed by atoms with Gasteiger partial charge >= 0.3 is 0 Å². The van der Waals surface area contributed by atoms with Crippen LogP contribution in [0.15, 0.2) is 0 Å². The molecule has 1 fully saturated rings. The molecule has 0 radical (unpaired) electrons. The number of aliphatic hydroxyl groups is 2. The SMILES string of the molecule is O[C@@H]1[C@H](O)CCC[C@H]1I. The standard InChI is InChI=1S/C6H11IO2/c7-4-2-1-3-5(8)6(4)9/h4-6,8-9H,1-3H2/t4-,5-,6+/m1/s1. The van der Waals surface area contributed by atoms with Gasteiger partial charge in [-0.2, -0.15) is 0 Å². The summed E-state index contributed by atoms with van der Waals surface area (Å²) in [5.74, 6) is 0. The van der Waals surface area contributed by atoms with Gasteiger partial charge in [0.2, 0.25) is 0 Å². The highest BCUT2D eigenvalue weighted by molar-refractivity contribution is 14.1. The van der Waals surface area contributed by atoms with E-state index in [2.05, 4.69) is 22.6 Å². The second-order valence-corrected chi connectivity index (χ2v) is 4.10. The second-order valence-electron chi connectivity index (χ2n) is 2.50. The quantitative estimate of drug-likeness (QED) is 0.484. The van der Waals surface area contributed by atoms with Gasteiger partial charge in [0.25, 0.3) is 0 Å². The van der Waals surface area contributed by atoms with E-state index >= 15 is 0 Å². The largest absolute Gasteiger partial charge is 0.390 e. The molecule has 0 heterocycles. The number of hydrogen-bond donors (Lipinski definition) is 2. The predicted octanol–water partition coefficient (Wildman–Crippen LogP) is 0.696. The van der Waals surface area contributed by atoms with E-state index in [-0.39, 0.29) is 3.92 Å². The lowest BCUT2D eigenvalue weighted by molar-refractivity contribution is -0.00125. The predicted molar refractivity (Wildman–Crippen MR) is 43.7 cm³/mol. The zero-order chi connectivity index (χ0) is 6.85. The summed E-state index contributed by atoms with van der Waals surface area (Å²) in [6, 6.07) is 0. The van der Waals surface area contributed by atoms with Crippen LogP contribution in [0.1, 0.15) is 19.3 Å². The van der Waals surface area contributed by atoms with E-state index in [1.165, 1.54) is 0 Å². The minimum Gasteiger partial charge on any atom is -0.390 e. The maximum Gasteiger partial charge on any atom is 0.0916 e. The summed E-state index contributed by atoms with van der Waals surface area (Å²) in [7, 11) is 0. The van der Waals surface area contributed by atoms with Crippen LogP contribution >= 0.6 is 22.6 Å². The molecule has 9 heavy (non-hydrogen) atoms. The van der Waals surface area contributed by atoms with Gasteiger partial charge in [-0.25, -0.2) is 0 Å². The van der Waals surface area contributed by atoms with Gasteiger partial charge in [-0.05, 0) is 19.3 Å². The summed E-state index contributed by atoms with van der Waals surface area (Å²) < 4.78 is 0.256. The maximum atomic E-state index is 9.19. The van der Waals surface area contributed by atoms with Crippen molar-refractivity contribution < 1.29 is 10.2 Å². The first kappa shape index (κ1) is 7.75. The smallest absolute Gasteiger partial charge is 0.0916 e. The molecule has 1 saturated carbocycles. The van der Waals surface area contributed by atoms with E-state index in [9.17, 15) is 5.11 Å².